The van der Waals surface area contributed by atoms with Crippen molar-refractivity contribution in [2.24, 2.45) is 11.5 Å². The first kappa shape index (κ1) is 11.3. The lowest BCUT2D eigenvalue weighted by atomic mass is 10.6. The van der Waals surface area contributed by atoms with Gasteiger partial charge in [0.1, 0.15) is 0 Å². The molecule has 14 heavy (non-hydrogen) atoms. The van der Waals surface area contributed by atoms with E-state index in [1.807, 2.05) is 5.38 Å². The molecule has 1 rings (SSSR count). The fraction of sp³-hybridized carbons (Fsp3) is 0.429. The van der Waals surface area contributed by atoms with Gasteiger partial charge in [-0.25, -0.2) is 4.98 Å². The van der Waals surface area contributed by atoms with Crippen molar-refractivity contribution < 1.29 is 0 Å². The van der Waals surface area contributed by atoms with Crippen LogP contribution in [0.2, 0.25) is 0 Å². The molecule has 0 fully saturated rings. The highest BCUT2D eigenvalue weighted by Crippen LogP contribution is 2.18. The van der Waals surface area contributed by atoms with Crippen LogP contribution in [0.25, 0.3) is 0 Å². The van der Waals surface area contributed by atoms with Crippen molar-refractivity contribution in [3.63, 3.8) is 0 Å². The lowest BCUT2D eigenvalue weighted by Gasteiger charge is -1.97. The molecule has 0 aliphatic heterocycles. The molecule has 7 heteroatoms. The maximum Gasteiger partial charge on any atom is 0.192 e. The Morgan fingerprint density at radius 1 is 1.71 bits per heavy atom. The molecule has 0 spiro atoms. The first-order valence-corrected chi connectivity index (χ1v) is 6.09. The summed E-state index contributed by atoms with van der Waals surface area (Å²) in [4.78, 5) is 4.25. The molecule has 78 valence electrons. The zero-order chi connectivity index (χ0) is 10.4. The summed E-state index contributed by atoms with van der Waals surface area (Å²) in [6.45, 7) is 0.688. The highest BCUT2D eigenvalue weighted by atomic mass is 32.2. The minimum atomic E-state index is -0.0829. The average molecular weight is 231 g/mol. The number of aromatic nitrogens is 1. The Morgan fingerprint density at radius 2 is 2.50 bits per heavy atom. The van der Waals surface area contributed by atoms with Gasteiger partial charge >= 0.3 is 0 Å². The molecule has 0 aromatic carbocycles. The number of nitrogens with zero attached hydrogens (tertiary/aromatic N) is 1. The van der Waals surface area contributed by atoms with Crippen LogP contribution in [0.5, 0.6) is 0 Å². The molecule has 6 N–H and O–H groups in total. The zero-order valence-electron chi connectivity index (χ0n) is 7.62. The van der Waals surface area contributed by atoms with Crippen molar-refractivity contribution in [2.45, 2.75) is 5.75 Å². The monoisotopic (exact) mass is 231 g/mol. The minimum absolute atomic E-state index is 0.0829. The van der Waals surface area contributed by atoms with Crippen LogP contribution in [0.4, 0.5) is 5.13 Å². The van der Waals surface area contributed by atoms with Crippen molar-refractivity contribution in [3.8, 4) is 0 Å². The molecule has 0 aliphatic rings. The van der Waals surface area contributed by atoms with Crippen LogP contribution >= 0.6 is 23.1 Å². The zero-order valence-corrected chi connectivity index (χ0v) is 9.25. The van der Waals surface area contributed by atoms with Crippen molar-refractivity contribution in [3.05, 3.63) is 11.1 Å². The second-order valence-corrected chi connectivity index (χ2v) is 4.49. The van der Waals surface area contributed by atoms with Crippen LogP contribution in [-0.2, 0) is 5.75 Å². The van der Waals surface area contributed by atoms with Gasteiger partial charge in [-0.3, -0.25) is 5.41 Å². The predicted molar refractivity (Wildman–Crippen MR) is 62.9 cm³/mol. The molecule has 0 bridgehead atoms. The Balaban J connectivity index is 2.38. The first-order chi connectivity index (χ1) is 6.72. The van der Waals surface area contributed by atoms with Crippen LogP contribution in [0.1, 0.15) is 5.69 Å². The van der Waals surface area contributed by atoms with Crippen LogP contribution < -0.4 is 16.8 Å². The number of nitrogens with two attached hydrogens (primary N) is 2. The van der Waals surface area contributed by atoms with E-state index >= 15 is 0 Å². The topological polar surface area (TPSA) is 101 Å². The van der Waals surface area contributed by atoms with Gasteiger partial charge in [-0.2, -0.15) is 11.8 Å². The van der Waals surface area contributed by atoms with E-state index in [1.165, 1.54) is 11.3 Å². The molecule has 0 amide bonds. The van der Waals surface area contributed by atoms with E-state index in [2.05, 4.69) is 10.3 Å². The molecule has 0 saturated heterocycles. The fourth-order valence-electron chi connectivity index (χ4n) is 0.806. The SMILES string of the molecule is N=C(N)Nc1nc(CSCCN)cs1. The number of hydrogen-bond donors (Lipinski definition) is 4. The molecule has 0 unspecified atom stereocenters. The molecule has 0 atom stereocenters. The summed E-state index contributed by atoms with van der Waals surface area (Å²) in [5.74, 6) is 1.71. The second kappa shape index (κ2) is 5.84. The number of hydrogen-bond acceptors (Lipinski definition) is 5. The normalized spacial score (nSPS) is 10.1. The summed E-state index contributed by atoms with van der Waals surface area (Å²) in [6, 6.07) is 0. The number of guanidine groups is 1. The van der Waals surface area contributed by atoms with E-state index in [0.717, 1.165) is 17.2 Å². The average Bonchev–Trinajstić information content (AvgIpc) is 2.52. The van der Waals surface area contributed by atoms with Gasteiger partial charge in [0.25, 0.3) is 0 Å². The van der Waals surface area contributed by atoms with Gasteiger partial charge in [0.05, 0.1) is 5.69 Å². The van der Waals surface area contributed by atoms with Gasteiger partial charge in [0, 0.05) is 23.4 Å². The molecule has 5 nitrogen and oxygen atoms in total. The third-order valence-corrected chi connectivity index (χ3v) is 3.14. The summed E-state index contributed by atoms with van der Waals surface area (Å²) >= 11 is 3.19. The Hall–Kier alpha value is -0.790. The Morgan fingerprint density at radius 3 is 3.14 bits per heavy atom. The smallest absolute Gasteiger partial charge is 0.192 e. The summed E-state index contributed by atoms with van der Waals surface area (Å²) in [6.07, 6.45) is 0. The molecule has 0 aliphatic carbocycles. The minimum Gasteiger partial charge on any atom is -0.370 e. The highest BCUT2D eigenvalue weighted by molar-refractivity contribution is 7.98. The molecule has 0 radical (unpaired) electrons. The fourth-order valence-corrected chi connectivity index (χ4v) is 2.30. The summed E-state index contributed by atoms with van der Waals surface area (Å²) < 4.78 is 0. The molecular weight excluding hydrogens is 218 g/mol. The molecular formula is C7H13N5S2. The standard InChI is InChI=1S/C7H13N5S2/c8-1-2-13-3-5-4-14-7(11-5)12-6(9)10/h4H,1-3,8H2,(H4,9,10,11,12). The van der Waals surface area contributed by atoms with Gasteiger partial charge in [0.15, 0.2) is 11.1 Å². The Bertz CT molecular complexity index is 298. The number of anilines is 1. The third-order valence-electron chi connectivity index (χ3n) is 1.31. The highest BCUT2D eigenvalue weighted by Gasteiger charge is 2.01. The summed E-state index contributed by atoms with van der Waals surface area (Å²) in [7, 11) is 0. The number of rotatable bonds is 5. The van der Waals surface area contributed by atoms with Crippen LogP contribution in [0.15, 0.2) is 5.38 Å². The van der Waals surface area contributed by atoms with Crippen LogP contribution in [0.3, 0.4) is 0 Å². The van der Waals surface area contributed by atoms with Crippen molar-refractivity contribution in [1.29, 1.82) is 5.41 Å². The number of nitrogens with one attached hydrogen (secondary N) is 2. The Labute approximate surface area is 90.8 Å². The van der Waals surface area contributed by atoms with Gasteiger partial charge in [0.2, 0.25) is 0 Å². The van der Waals surface area contributed by atoms with Gasteiger partial charge in [-0.1, -0.05) is 0 Å². The van der Waals surface area contributed by atoms with Gasteiger partial charge in [-0.05, 0) is 0 Å². The third kappa shape index (κ3) is 3.95. The molecule has 1 aromatic rings. The molecule has 0 saturated carbocycles. The molecule has 1 aromatic heterocycles. The van der Waals surface area contributed by atoms with E-state index in [4.69, 9.17) is 16.9 Å². The number of thiazole rings is 1. The van der Waals surface area contributed by atoms with E-state index < -0.39 is 0 Å². The Kier molecular flexibility index (Phi) is 4.71. The largest absolute Gasteiger partial charge is 0.370 e. The predicted octanol–water partition coefficient (Wildman–Crippen LogP) is 0.640. The van der Waals surface area contributed by atoms with Gasteiger partial charge < -0.3 is 16.8 Å². The maximum absolute atomic E-state index is 7.02. The van der Waals surface area contributed by atoms with E-state index in [9.17, 15) is 0 Å². The summed E-state index contributed by atoms with van der Waals surface area (Å²) in [5, 5.41) is 12.3. The lowest BCUT2D eigenvalue weighted by Crippen LogP contribution is -2.20. The lowest BCUT2D eigenvalue weighted by molar-refractivity contribution is 1.14. The van der Waals surface area contributed by atoms with Crippen molar-refractivity contribution in [2.75, 3.05) is 17.6 Å². The van der Waals surface area contributed by atoms with E-state index in [-0.39, 0.29) is 5.96 Å². The van der Waals surface area contributed by atoms with Gasteiger partial charge in [-0.15, -0.1) is 11.3 Å². The number of thioether (sulfide) groups is 1. The van der Waals surface area contributed by atoms with Crippen molar-refractivity contribution in [1.82, 2.24) is 4.98 Å². The van der Waals surface area contributed by atoms with Crippen LogP contribution in [0, 0.1) is 5.41 Å². The van der Waals surface area contributed by atoms with E-state index in [0.29, 0.717) is 11.7 Å². The molecule has 1 heterocycles. The van der Waals surface area contributed by atoms with Crippen molar-refractivity contribution >= 4 is 34.2 Å². The van der Waals surface area contributed by atoms with E-state index in [1.54, 1.807) is 11.8 Å². The van der Waals surface area contributed by atoms with Crippen LogP contribution in [-0.4, -0.2) is 23.2 Å². The second-order valence-electron chi connectivity index (χ2n) is 2.52. The first-order valence-electron chi connectivity index (χ1n) is 4.05. The summed E-state index contributed by atoms with van der Waals surface area (Å²) in [5.41, 5.74) is 11.5. The maximum atomic E-state index is 7.02. The quantitative estimate of drug-likeness (QED) is 0.338.